The van der Waals surface area contributed by atoms with E-state index in [9.17, 15) is 4.79 Å². The van der Waals surface area contributed by atoms with Crippen LogP contribution in [0.5, 0.6) is 5.75 Å². The molecule has 104 valence electrons. The van der Waals surface area contributed by atoms with Gasteiger partial charge in [-0.3, -0.25) is 4.79 Å². The maximum atomic E-state index is 12.2. The Kier molecular flexibility index (Phi) is 4.80. The molecular weight excluding hydrogens is 240 g/mol. The van der Waals surface area contributed by atoms with Crippen molar-refractivity contribution in [1.29, 1.82) is 0 Å². The standard InChI is InChI=1S/C15H22N2O2/c1-3-7-19-13-6-4-5-12(8-13)17-15(18)14-10-16-9-11(14)2/h4-6,8,11,14,16H,3,7,9-10H2,1-2H3,(H,17,18)/t11-,14-/m1/s1. The first-order valence-electron chi connectivity index (χ1n) is 6.95. The topological polar surface area (TPSA) is 50.4 Å². The highest BCUT2D eigenvalue weighted by Crippen LogP contribution is 2.21. The third-order valence-corrected chi connectivity index (χ3v) is 3.43. The van der Waals surface area contributed by atoms with Crippen molar-refractivity contribution in [3.8, 4) is 5.75 Å². The van der Waals surface area contributed by atoms with E-state index in [1.165, 1.54) is 0 Å². The van der Waals surface area contributed by atoms with E-state index < -0.39 is 0 Å². The van der Waals surface area contributed by atoms with Crippen LogP contribution in [0, 0.1) is 11.8 Å². The van der Waals surface area contributed by atoms with Gasteiger partial charge in [-0.1, -0.05) is 19.9 Å². The van der Waals surface area contributed by atoms with Gasteiger partial charge in [0.2, 0.25) is 5.91 Å². The first-order valence-corrected chi connectivity index (χ1v) is 6.95. The number of nitrogens with one attached hydrogen (secondary N) is 2. The number of anilines is 1. The van der Waals surface area contributed by atoms with Crippen molar-refractivity contribution in [3.05, 3.63) is 24.3 Å². The second-order valence-electron chi connectivity index (χ2n) is 5.11. The zero-order valence-electron chi connectivity index (χ0n) is 11.6. The minimum absolute atomic E-state index is 0.0558. The Morgan fingerprint density at radius 2 is 2.32 bits per heavy atom. The average Bonchev–Trinajstić information content (AvgIpc) is 2.83. The summed E-state index contributed by atoms with van der Waals surface area (Å²) >= 11 is 0. The molecule has 1 aliphatic rings. The molecule has 1 saturated heterocycles. The summed E-state index contributed by atoms with van der Waals surface area (Å²) in [4.78, 5) is 12.2. The van der Waals surface area contributed by atoms with Crippen molar-refractivity contribution in [2.45, 2.75) is 20.3 Å². The number of ether oxygens (including phenoxy) is 1. The molecule has 4 nitrogen and oxygen atoms in total. The summed E-state index contributed by atoms with van der Waals surface area (Å²) in [5, 5.41) is 6.21. The first kappa shape index (κ1) is 13.9. The lowest BCUT2D eigenvalue weighted by molar-refractivity contribution is -0.120. The number of carbonyl (C=O) groups is 1. The van der Waals surface area contributed by atoms with Crippen molar-refractivity contribution < 1.29 is 9.53 Å². The second-order valence-corrected chi connectivity index (χ2v) is 5.11. The molecule has 1 heterocycles. The molecule has 1 aliphatic heterocycles. The fourth-order valence-electron chi connectivity index (χ4n) is 2.28. The Balaban J connectivity index is 1.96. The van der Waals surface area contributed by atoms with Crippen LogP contribution in [0.2, 0.25) is 0 Å². The van der Waals surface area contributed by atoms with Gasteiger partial charge in [-0.25, -0.2) is 0 Å². The Morgan fingerprint density at radius 3 is 3.00 bits per heavy atom. The zero-order chi connectivity index (χ0) is 13.7. The monoisotopic (exact) mass is 262 g/mol. The molecule has 1 fully saturated rings. The van der Waals surface area contributed by atoms with E-state index in [-0.39, 0.29) is 11.8 Å². The second kappa shape index (κ2) is 6.57. The molecule has 2 N–H and O–H groups in total. The fraction of sp³-hybridized carbons (Fsp3) is 0.533. The number of carbonyl (C=O) groups excluding carboxylic acids is 1. The molecule has 2 rings (SSSR count). The molecule has 0 radical (unpaired) electrons. The van der Waals surface area contributed by atoms with Gasteiger partial charge < -0.3 is 15.4 Å². The van der Waals surface area contributed by atoms with Gasteiger partial charge in [0.05, 0.1) is 12.5 Å². The molecule has 19 heavy (non-hydrogen) atoms. The van der Waals surface area contributed by atoms with E-state index in [0.29, 0.717) is 12.5 Å². The van der Waals surface area contributed by atoms with Crippen LogP contribution < -0.4 is 15.4 Å². The van der Waals surface area contributed by atoms with Crippen LogP contribution in [0.4, 0.5) is 5.69 Å². The minimum Gasteiger partial charge on any atom is -0.494 e. The van der Waals surface area contributed by atoms with E-state index in [0.717, 1.165) is 30.9 Å². The smallest absolute Gasteiger partial charge is 0.229 e. The SMILES string of the molecule is CCCOc1cccc(NC(=O)[C@@H]2CNC[C@H]2C)c1. The predicted octanol–water partition coefficient (Wildman–Crippen LogP) is 2.27. The lowest BCUT2D eigenvalue weighted by Gasteiger charge is -2.14. The van der Waals surface area contributed by atoms with Crippen molar-refractivity contribution in [2.75, 3.05) is 25.0 Å². The van der Waals surface area contributed by atoms with E-state index in [1.54, 1.807) is 0 Å². The quantitative estimate of drug-likeness (QED) is 0.856. The number of amides is 1. The third kappa shape index (κ3) is 3.70. The Morgan fingerprint density at radius 1 is 1.47 bits per heavy atom. The Labute approximate surface area is 114 Å². The van der Waals surface area contributed by atoms with Crippen molar-refractivity contribution in [1.82, 2.24) is 5.32 Å². The molecule has 0 aliphatic carbocycles. The highest BCUT2D eigenvalue weighted by atomic mass is 16.5. The number of rotatable bonds is 5. The van der Waals surface area contributed by atoms with Gasteiger partial charge in [0.15, 0.2) is 0 Å². The van der Waals surface area contributed by atoms with Gasteiger partial charge in [0.25, 0.3) is 0 Å². The van der Waals surface area contributed by atoms with Crippen LogP contribution in [0.25, 0.3) is 0 Å². The van der Waals surface area contributed by atoms with Crippen LogP contribution in [0.3, 0.4) is 0 Å². The molecule has 1 aromatic rings. The Bertz CT molecular complexity index is 434. The van der Waals surface area contributed by atoms with Crippen LogP contribution in [-0.4, -0.2) is 25.6 Å². The van der Waals surface area contributed by atoms with E-state index >= 15 is 0 Å². The molecule has 2 atom stereocenters. The van der Waals surface area contributed by atoms with E-state index in [2.05, 4.69) is 24.5 Å². The van der Waals surface area contributed by atoms with E-state index in [1.807, 2.05) is 24.3 Å². The maximum absolute atomic E-state index is 12.2. The summed E-state index contributed by atoms with van der Waals surface area (Å²) in [5.41, 5.74) is 0.803. The minimum atomic E-state index is 0.0558. The van der Waals surface area contributed by atoms with Gasteiger partial charge in [-0.05, 0) is 31.0 Å². The normalized spacial score (nSPS) is 22.2. The van der Waals surface area contributed by atoms with Crippen LogP contribution in [-0.2, 0) is 4.79 Å². The van der Waals surface area contributed by atoms with Crippen molar-refractivity contribution in [3.63, 3.8) is 0 Å². The van der Waals surface area contributed by atoms with Gasteiger partial charge in [0, 0.05) is 18.3 Å². The Hall–Kier alpha value is -1.55. The molecule has 1 amide bonds. The van der Waals surface area contributed by atoms with Gasteiger partial charge in [0.1, 0.15) is 5.75 Å². The molecule has 0 spiro atoms. The highest BCUT2D eigenvalue weighted by Gasteiger charge is 2.29. The van der Waals surface area contributed by atoms with Gasteiger partial charge >= 0.3 is 0 Å². The van der Waals surface area contributed by atoms with Gasteiger partial charge in [-0.2, -0.15) is 0 Å². The summed E-state index contributed by atoms with van der Waals surface area (Å²) in [6.07, 6.45) is 0.974. The lowest BCUT2D eigenvalue weighted by atomic mass is 9.97. The van der Waals surface area contributed by atoms with Crippen LogP contribution in [0.15, 0.2) is 24.3 Å². The largest absolute Gasteiger partial charge is 0.494 e. The summed E-state index contributed by atoms with van der Waals surface area (Å²) in [6, 6.07) is 7.58. The summed E-state index contributed by atoms with van der Waals surface area (Å²) in [6.45, 7) is 6.54. The van der Waals surface area contributed by atoms with Crippen LogP contribution in [0.1, 0.15) is 20.3 Å². The predicted molar refractivity (Wildman–Crippen MR) is 76.4 cm³/mol. The number of benzene rings is 1. The fourth-order valence-corrected chi connectivity index (χ4v) is 2.28. The average molecular weight is 262 g/mol. The first-order chi connectivity index (χ1) is 9.20. The van der Waals surface area contributed by atoms with Crippen molar-refractivity contribution in [2.24, 2.45) is 11.8 Å². The lowest BCUT2D eigenvalue weighted by Crippen LogP contribution is -2.27. The zero-order valence-corrected chi connectivity index (χ0v) is 11.6. The molecule has 0 saturated carbocycles. The maximum Gasteiger partial charge on any atom is 0.229 e. The summed E-state index contributed by atoms with van der Waals surface area (Å²) in [5.74, 6) is 1.34. The summed E-state index contributed by atoms with van der Waals surface area (Å²) < 4.78 is 5.56. The van der Waals surface area contributed by atoms with Gasteiger partial charge in [-0.15, -0.1) is 0 Å². The molecule has 0 bridgehead atoms. The van der Waals surface area contributed by atoms with Crippen molar-refractivity contribution >= 4 is 11.6 Å². The number of hydrogen-bond acceptors (Lipinski definition) is 3. The highest BCUT2D eigenvalue weighted by molar-refractivity contribution is 5.93. The molecular formula is C15H22N2O2. The molecule has 0 unspecified atom stereocenters. The molecule has 4 heteroatoms. The number of hydrogen-bond donors (Lipinski definition) is 2. The van der Waals surface area contributed by atoms with E-state index in [4.69, 9.17) is 4.74 Å². The van der Waals surface area contributed by atoms with Crippen LogP contribution >= 0.6 is 0 Å². The molecule has 1 aromatic carbocycles. The molecule has 0 aromatic heterocycles. The summed E-state index contributed by atoms with van der Waals surface area (Å²) in [7, 11) is 0. The third-order valence-electron chi connectivity index (χ3n) is 3.43.